The fourth-order valence-corrected chi connectivity index (χ4v) is 3.83. The zero-order valence-electron chi connectivity index (χ0n) is 10.0. The van der Waals surface area contributed by atoms with Crippen molar-refractivity contribution in [3.8, 4) is 0 Å². The first-order valence-electron chi connectivity index (χ1n) is 5.77. The second-order valence-corrected chi connectivity index (χ2v) is 6.58. The van der Waals surface area contributed by atoms with E-state index in [0.717, 1.165) is 19.3 Å². The molecule has 2 N–H and O–H groups in total. The van der Waals surface area contributed by atoms with E-state index in [-0.39, 0.29) is 16.2 Å². The maximum absolute atomic E-state index is 12.1. The zero-order valence-corrected chi connectivity index (χ0v) is 11.6. The Morgan fingerprint density at radius 2 is 2.28 bits per heavy atom. The van der Waals surface area contributed by atoms with Gasteiger partial charge in [-0.2, -0.15) is 0 Å². The molecule has 2 unspecified atom stereocenters. The predicted molar refractivity (Wildman–Crippen MR) is 66.8 cm³/mol. The molecular weight excluding hydrogens is 278 g/mol. The summed E-state index contributed by atoms with van der Waals surface area (Å²) in [6.45, 7) is 0. The van der Waals surface area contributed by atoms with Crippen molar-refractivity contribution < 1.29 is 13.5 Å². The van der Waals surface area contributed by atoms with Crippen LogP contribution in [0.5, 0.6) is 0 Å². The van der Waals surface area contributed by atoms with Crippen molar-refractivity contribution in [2.75, 3.05) is 0 Å². The van der Waals surface area contributed by atoms with Gasteiger partial charge in [0.25, 0.3) is 10.0 Å². The van der Waals surface area contributed by atoms with Crippen LogP contribution in [0.4, 0.5) is 0 Å². The highest BCUT2D eigenvalue weighted by molar-refractivity contribution is 7.89. The van der Waals surface area contributed by atoms with Crippen molar-refractivity contribution in [1.82, 2.24) is 14.3 Å². The van der Waals surface area contributed by atoms with Crippen LogP contribution in [0.1, 0.15) is 25.7 Å². The Balaban J connectivity index is 2.14. The molecule has 1 heterocycles. The van der Waals surface area contributed by atoms with Gasteiger partial charge in [0.05, 0.1) is 12.4 Å². The van der Waals surface area contributed by atoms with E-state index in [1.807, 2.05) is 0 Å². The number of imidazole rings is 1. The number of aromatic nitrogens is 2. The van der Waals surface area contributed by atoms with Gasteiger partial charge in [-0.1, -0.05) is 11.6 Å². The van der Waals surface area contributed by atoms with Crippen molar-refractivity contribution in [2.45, 2.75) is 42.9 Å². The fourth-order valence-electron chi connectivity index (χ4n) is 2.12. The van der Waals surface area contributed by atoms with Crippen molar-refractivity contribution in [3.63, 3.8) is 0 Å². The summed E-state index contributed by atoms with van der Waals surface area (Å²) < 4.78 is 28.2. The Bertz CT molecular complexity index is 528. The normalized spacial score (nSPS) is 25.3. The van der Waals surface area contributed by atoms with Gasteiger partial charge < -0.3 is 9.67 Å². The second-order valence-electron chi connectivity index (χ2n) is 4.59. The van der Waals surface area contributed by atoms with Crippen LogP contribution in [0.25, 0.3) is 0 Å². The average Bonchev–Trinajstić information content (AvgIpc) is 2.59. The van der Waals surface area contributed by atoms with Gasteiger partial charge in [-0.3, -0.25) is 0 Å². The summed E-state index contributed by atoms with van der Waals surface area (Å²) in [5.74, 6) is 0. The first kappa shape index (κ1) is 13.8. The molecule has 1 aromatic heterocycles. The summed E-state index contributed by atoms with van der Waals surface area (Å²) in [5, 5.41) is 9.45. The maximum Gasteiger partial charge on any atom is 0.261 e. The molecule has 0 amide bonds. The average molecular weight is 294 g/mol. The molecule has 1 saturated carbocycles. The van der Waals surface area contributed by atoms with Crippen molar-refractivity contribution >= 4 is 21.6 Å². The molecule has 0 radical (unpaired) electrons. The number of aryl methyl sites for hydroxylation is 1. The summed E-state index contributed by atoms with van der Waals surface area (Å²) in [7, 11) is -2.09. The van der Waals surface area contributed by atoms with E-state index in [0.29, 0.717) is 6.42 Å². The molecule has 1 aliphatic rings. The summed E-state index contributed by atoms with van der Waals surface area (Å²) in [6.07, 6.45) is 3.61. The molecule has 2 rings (SSSR count). The number of aliphatic hydroxyl groups excluding tert-OH is 1. The Kier molecular flexibility index (Phi) is 3.96. The molecule has 0 aromatic carbocycles. The van der Waals surface area contributed by atoms with Gasteiger partial charge in [0, 0.05) is 13.1 Å². The molecule has 1 fully saturated rings. The number of halogens is 1. The Labute approximate surface area is 111 Å². The van der Waals surface area contributed by atoms with Gasteiger partial charge in [0.15, 0.2) is 0 Å². The second kappa shape index (κ2) is 5.16. The minimum Gasteiger partial charge on any atom is -0.393 e. The Morgan fingerprint density at radius 3 is 2.83 bits per heavy atom. The molecule has 0 saturated heterocycles. The quantitative estimate of drug-likeness (QED) is 0.857. The number of sulfonamides is 1. The third-order valence-electron chi connectivity index (χ3n) is 3.06. The first-order valence-corrected chi connectivity index (χ1v) is 7.63. The summed E-state index contributed by atoms with van der Waals surface area (Å²) in [4.78, 5) is 3.79. The number of hydrogen-bond donors (Lipinski definition) is 2. The van der Waals surface area contributed by atoms with Gasteiger partial charge in [0.1, 0.15) is 5.15 Å². The van der Waals surface area contributed by atoms with Crippen LogP contribution in [-0.2, 0) is 17.1 Å². The van der Waals surface area contributed by atoms with Crippen molar-refractivity contribution in [3.05, 3.63) is 11.5 Å². The van der Waals surface area contributed by atoms with E-state index >= 15 is 0 Å². The highest BCUT2D eigenvalue weighted by Gasteiger charge is 2.28. The van der Waals surface area contributed by atoms with Crippen LogP contribution in [-0.4, -0.2) is 35.2 Å². The lowest BCUT2D eigenvalue weighted by molar-refractivity contribution is 0.117. The van der Waals surface area contributed by atoms with Gasteiger partial charge in [-0.15, -0.1) is 0 Å². The fraction of sp³-hybridized carbons (Fsp3) is 0.700. The number of nitrogens with one attached hydrogen (secondary N) is 1. The molecule has 0 aliphatic heterocycles. The van der Waals surface area contributed by atoms with Gasteiger partial charge in [-0.25, -0.2) is 18.1 Å². The van der Waals surface area contributed by atoms with Crippen LogP contribution in [0.2, 0.25) is 5.15 Å². The first-order chi connectivity index (χ1) is 8.40. The summed E-state index contributed by atoms with van der Waals surface area (Å²) >= 11 is 5.87. The van der Waals surface area contributed by atoms with Gasteiger partial charge in [0.2, 0.25) is 5.03 Å². The molecule has 6 nitrogen and oxygen atoms in total. The Hall–Kier alpha value is -0.630. The zero-order chi connectivity index (χ0) is 13.3. The van der Waals surface area contributed by atoms with Crippen LogP contribution in [0.15, 0.2) is 11.4 Å². The molecule has 2 atom stereocenters. The lowest BCUT2D eigenvalue weighted by atomic mass is 9.94. The molecule has 0 bridgehead atoms. The van der Waals surface area contributed by atoms with Crippen molar-refractivity contribution in [1.29, 1.82) is 0 Å². The van der Waals surface area contributed by atoms with Crippen LogP contribution in [0.3, 0.4) is 0 Å². The smallest absolute Gasteiger partial charge is 0.261 e. The van der Waals surface area contributed by atoms with E-state index in [1.54, 1.807) is 7.05 Å². The number of hydrogen-bond acceptors (Lipinski definition) is 4. The van der Waals surface area contributed by atoms with E-state index < -0.39 is 16.1 Å². The van der Waals surface area contributed by atoms with E-state index in [2.05, 4.69) is 9.71 Å². The number of aliphatic hydroxyl groups is 1. The molecule has 0 spiro atoms. The predicted octanol–water partition coefficient (Wildman–Crippen LogP) is 0.655. The lowest BCUT2D eigenvalue weighted by Crippen LogP contribution is -2.39. The largest absolute Gasteiger partial charge is 0.393 e. The van der Waals surface area contributed by atoms with Gasteiger partial charge in [-0.05, 0) is 25.7 Å². The summed E-state index contributed by atoms with van der Waals surface area (Å²) in [6, 6.07) is -0.253. The third kappa shape index (κ3) is 2.85. The standard InChI is InChI=1S/C10H16ClN3O3S/c1-14-6-12-10(9(14)11)18(16,17)13-7-3-2-4-8(15)5-7/h6-8,13,15H,2-5H2,1H3. The number of nitrogens with zero attached hydrogens (tertiary/aromatic N) is 2. The highest BCUT2D eigenvalue weighted by atomic mass is 35.5. The van der Waals surface area contributed by atoms with E-state index in [4.69, 9.17) is 11.6 Å². The SMILES string of the molecule is Cn1cnc(S(=O)(=O)NC2CCCC(O)C2)c1Cl. The topological polar surface area (TPSA) is 84.2 Å². The molecule has 1 aliphatic carbocycles. The van der Waals surface area contributed by atoms with E-state index in [1.165, 1.54) is 10.9 Å². The molecular formula is C10H16ClN3O3S. The highest BCUT2D eigenvalue weighted by Crippen LogP contribution is 2.23. The van der Waals surface area contributed by atoms with Crippen LogP contribution < -0.4 is 4.72 Å². The molecule has 8 heteroatoms. The van der Waals surface area contributed by atoms with E-state index in [9.17, 15) is 13.5 Å². The monoisotopic (exact) mass is 293 g/mol. The lowest BCUT2D eigenvalue weighted by Gasteiger charge is -2.26. The maximum atomic E-state index is 12.1. The van der Waals surface area contributed by atoms with Crippen LogP contribution >= 0.6 is 11.6 Å². The number of rotatable bonds is 3. The third-order valence-corrected chi connectivity index (χ3v) is 5.07. The van der Waals surface area contributed by atoms with Gasteiger partial charge >= 0.3 is 0 Å². The minimum atomic E-state index is -3.72. The minimum absolute atomic E-state index is 0.0823. The molecule has 102 valence electrons. The molecule has 18 heavy (non-hydrogen) atoms. The van der Waals surface area contributed by atoms with Crippen molar-refractivity contribution in [2.24, 2.45) is 7.05 Å². The summed E-state index contributed by atoms with van der Waals surface area (Å²) in [5.41, 5.74) is 0. The molecule has 1 aromatic rings. The van der Waals surface area contributed by atoms with Crippen LogP contribution in [0, 0.1) is 0 Å². The Morgan fingerprint density at radius 1 is 1.56 bits per heavy atom.